The Morgan fingerprint density at radius 1 is 1.05 bits per heavy atom. The van der Waals surface area contributed by atoms with Gasteiger partial charge >= 0.3 is 0 Å². The number of hydrogen-bond acceptors (Lipinski definition) is 2. The van der Waals surface area contributed by atoms with Gasteiger partial charge in [0, 0.05) is 6.42 Å². The molecule has 2 nitrogen and oxygen atoms in total. The Labute approximate surface area is 135 Å². The number of nitrogens with zero attached hydrogens (tertiary/aromatic N) is 2. The Hall–Kier alpha value is -1.53. The van der Waals surface area contributed by atoms with E-state index in [2.05, 4.69) is 6.07 Å². The maximum atomic E-state index is 9.85. The van der Waals surface area contributed by atoms with Gasteiger partial charge < -0.3 is 0 Å². The van der Waals surface area contributed by atoms with Crippen molar-refractivity contribution in [1.29, 1.82) is 5.26 Å². The van der Waals surface area contributed by atoms with Crippen LogP contribution in [0.5, 0.6) is 0 Å². The molecule has 0 bridgehead atoms. The molecule has 0 radical (unpaired) electrons. The van der Waals surface area contributed by atoms with Crippen LogP contribution in [0.25, 0.3) is 0 Å². The second kappa shape index (κ2) is 6.49. The summed E-state index contributed by atoms with van der Waals surface area (Å²) >= 11 is 12.1. The van der Waals surface area contributed by atoms with Crippen LogP contribution >= 0.6 is 23.2 Å². The molecule has 0 N–H and O–H groups in total. The number of rotatable bonds is 4. The van der Waals surface area contributed by atoms with Crippen molar-refractivity contribution >= 4 is 23.2 Å². The van der Waals surface area contributed by atoms with E-state index in [4.69, 9.17) is 23.2 Å². The van der Waals surface area contributed by atoms with E-state index in [0.717, 1.165) is 11.1 Å². The number of nitriles is 1. The fraction of sp³-hybridized carbons (Fsp3) is 0.235. The van der Waals surface area contributed by atoms with E-state index in [0.29, 0.717) is 16.5 Å². The van der Waals surface area contributed by atoms with Crippen molar-refractivity contribution in [3.8, 4) is 6.07 Å². The molecule has 108 valence electrons. The highest BCUT2D eigenvalue weighted by atomic mass is 35.5. The van der Waals surface area contributed by atoms with Crippen LogP contribution < -0.4 is 0 Å². The van der Waals surface area contributed by atoms with Gasteiger partial charge in [0.05, 0.1) is 16.1 Å². The van der Waals surface area contributed by atoms with Gasteiger partial charge in [0.25, 0.3) is 0 Å². The van der Waals surface area contributed by atoms with E-state index in [-0.39, 0.29) is 0 Å². The average Bonchev–Trinajstić information content (AvgIpc) is 2.48. The molecule has 0 saturated heterocycles. The zero-order valence-corrected chi connectivity index (χ0v) is 13.5. The summed E-state index contributed by atoms with van der Waals surface area (Å²) in [5.41, 5.74) is 1.15. The third-order valence-electron chi connectivity index (χ3n) is 3.65. The van der Waals surface area contributed by atoms with Gasteiger partial charge in [-0.05, 0) is 37.4 Å². The van der Waals surface area contributed by atoms with E-state index < -0.39 is 5.54 Å². The maximum absolute atomic E-state index is 9.85. The van der Waals surface area contributed by atoms with Crippen LogP contribution in [0.1, 0.15) is 11.1 Å². The molecule has 0 saturated carbocycles. The highest BCUT2D eigenvalue weighted by Crippen LogP contribution is 2.34. The molecule has 2 aromatic carbocycles. The number of benzene rings is 2. The Kier molecular flexibility index (Phi) is 4.90. The zero-order chi connectivity index (χ0) is 15.5. The molecule has 0 aromatic heterocycles. The van der Waals surface area contributed by atoms with Gasteiger partial charge in [-0.1, -0.05) is 59.6 Å². The molecule has 0 spiro atoms. The molecule has 4 heteroatoms. The first kappa shape index (κ1) is 15.9. The van der Waals surface area contributed by atoms with Gasteiger partial charge in [-0.2, -0.15) is 5.26 Å². The van der Waals surface area contributed by atoms with Crippen molar-refractivity contribution in [3.05, 3.63) is 69.7 Å². The molecule has 0 fully saturated rings. The van der Waals surface area contributed by atoms with Crippen molar-refractivity contribution in [2.75, 3.05) is 14.1 Å². The first-order valence-electron chi connectivity index (χ1n) is 6.58. The molecule has 21 heavy (non-hydrogen) atoms. The normalized spacial score (nSPS) is 13.7. The number of hydrogen-bond donors (Lipinski definition) is 0. The van der Waals surface area contributed by atoms with Crippen LogP contribution in [0.3, 0.4) is 0 Å². The Balaban J connectivity index is 2.51. The molecule has 1 atom stereocenters. The fourth-order valence-electron chi connectivity index (χ4n) is 2.37. The number of likely N-dealkylation sites (N-methyl/N-ethyl adjacent to an activating group) is 1. The summed E-state index contributed by atoms with van der Waals surface area (Å²) < 4.78 is 0. The first-order chi connectivity index (χ1) is 9.99. The van der Waals surface area contributed by atoms with E-state index >= 15 is 0 Å². The Morgan fingerprint density at radius 3 is 2.24 bits per heavy atom. The Bertz CT molecular complexity index is 662. The standard InChI is InChI=1S/C17H16Cl2N2/c1-21(2)17(12-20,11-13-6-4-3-5-7-13)14-8-9-15(18)16(19)10-14/h3-10H,11H2,1-2H3. The smallest absolute Gasteiger partial charge is 0.138 e. The minimum atomic E-state index is -0.782. The maximum Gasteiger partial charge on any atom is 0.138 e. The second-order valence-corrected chi connectivity index (χ2v) is 5.97. The summed E-state index contributed by atoms with van der Waals surface area (Å²) in [6, 6.07) is 17.8. The van der Waals surface area contributed by atoms with Crippen LogP contribution in [0, 0.1) is 11.3 Å². The van der Waals surface area contributed by atoms with E-state index in [1.165, 1.54) is 0 Å². The predicted octanol–water partition coefficient (Wildman–Crippen LogP) is 4.52. The lowest BCUT2D eigenvalue weighted by atomic mass is 9.84. The highest BCUT2D eigenvalue weighted by molar-refractivity contribution is 6.42. The molecular weight excluding hydrogens is 303 g/mol. The van der Waals surface area contributed by atoms with E-state index in [9.17, 15) is 5.26 Å². The topological polar surface area (TPSA) is 27.0 Å². The molecule has 1 unspecified atom stereocenters. The third-order valence-corrected chi connectivity index (χ3v) is 4.39. The van der Waals surface area contributed by atoms with Crippen molar-refractivity contribution in [1.82, 2.24) is 4.90 Å². The molecular formula is C17H16Cl2N2. The minimum absolute atomic E-state index is 0.462. The lowest BCUT2D eigenvalue weighted by Crippen LogP contribution is -2.42. The van der Waals surface area contributed by atoms with Crippen LogP contribution in [-0.2, 0) is 12.0 Å². The molecule has 0 amide bonds. The fourth-order valence-corrected chi connectivity index (χ4v) is 2.67. The lowest BCUT2D eigenvalue weighted by molar-refractivity contribution is 0.217. The summed E-state index contributed by atoms with van der Waals surface area (Å²) in [5, 5.41) is 10.8. The molecule has 0 aliphatic carbocycles. The van der Waals surface area contributed by atoms with Gasteiger partial charge in [-0.15, -0.1) is 0 Å². The summed E-state index contributed by atoms with van der Waals surface area (Å²) in [5.74, 6) is 0. The number of halogens is 2. The van der Waals surface area contributed by atoms with Crippen molar-refractivity contribution in [2.24, 2.45) is 0 Å². The summed E-state index contributed by atoms with van der Waals surface area (Å²) in [7, 11) is 3.79. The van der Waals surface area contributed by atoms with Crippen LogP contribution in [0.15, 0.2) is 48.5 Å². The largest absolute Gasteiger partial charge is 0.288 e. The van der Waals surface area contributed by atoms with Gasteiger partial charge in [0.2, 0.25) is 0 Å². The first-order valence-corrected chi connectivity index (χ1v) is 7.33. The summed E-state index contributed by atoms with van der Waals surface area (Å²) in [6.45, 7) is 0. The summed E-state index contributed by atoms with van der Waals surface area (Å²) in [6.07, 6.45) is 0.579. The van der Waals surface area contributed by atoms with Gasteiger partial charge in [0.1, 0.15) is 5.54 Å². The highest BCUT2D eigenvalue weighted by Gasteiger charge is 2.35. The van der Waals surface area contributed by atoms with Crippen LogP contribution in [-0.4, -0.2) is 19.0 Å². The molecule has 2 rings (SSSR count). The van der Waals surface area contributed by atoms with Crippen molar-refractivity contribution < 1.29 is 0 Å². The predicted molar refractivity (Wildman–Crippen MR) is 87.6 cm³/mol. The SMILES string of the molecule is CN(C)C(C#N)(Cc1ccccc1)c1ccc(Cl)c(Cl)c1. The van der Waals surface area contributed by atoms with Gasteiger partial charge in [-0.25, -0.2) is 0 Å². The minimum Gasteiger partial charge on any atom is -0.288 e. The molecule has 2 aromatic rings. The Morgan fingerprint density at radius 2 is 1.71 bits per heavy atom. The van der Waals surface area contributed by atoms with Crippen molar-refractivity contribution in [2.45, 2.75) is 12.0 Å². The lowest BCUT2D eigenvalue weighted by Gasteiger charge is -2.34. The van der Waals surface area contributed by atoms with E-state index in [1.807, 2.05) is 55.4 Å². The molecule has 0 aliphatic rings. The van der Waals surface area contributed by atoms with Crippen molar-refractivity contribution in [3.63, 3.8) is 0 Å². The third kappa shape index (κ3) is 3.22. The van der Waals surface area contributed by atoms with Crippen LogP contribution in [0.4, 0.5) is 0 Å². The van der Waals surface area contributed by atoms with E-state index in [1.54, 1.807) is 12.1 Å². The second-order valence-electron chi connectivity index (χ2n) is 5.16. The molecule has 0 aliphatic heterocycles. The van der Waals surface area contributed by atoms with Crippen LogP contribution in [0.2, 0.25) is 10.0 Å². The molecule has 0 heterocycles. The van der Waals surface area contributed by atoms with Gasteiger partial charge in [0.15, 0.2) is 0 Å². The quantitative estimate of drug-likeness (QED) is 0.828. The average molecular weight is 319 g/mol. The zero-order valence-electron chi connectivity index (χ0n) is 12.0. The summed E-state index contributed by atoms with van der Waals surface area (Å²) in [4.78, 5) is 1.92. The van der Waals surface area contributed by atoms with Gasteiger partial charge in [-0.3, -0.25) is 4.90 Å². The monoisotopic (exact) mass is 318 g/mol.